The van der Waals surface area contributed by atoms with Crippen LogP contribution in [0.5, 0.6) is 0 Å². The molecule has 0 bridgehead atoms. The summed E-state index contributed by atoms with van der Waals surface area (Å²) in [4.78, 5) is 32.8. The summed E-state index contributed by atoms with van der Waals surface area (Å²) in [6.07, 6.45) is 0. The second-order valence-corrected chi connectivity index (χ2v) is 2.98. The van der Waals surface area contributed by atoms with E-state index in [2.05, 4.69) is 20.1 Å². The van der Waals surface area contributed by atoms with E-state index in [0.717, 1.165) is 0 Å². The van der Waals surface area contributed by atoms with E-state index < -0.39 is 18.0 Å². The van der Waals surface area contributed by atoms with Gasteiger partial charge >= 0.3 is 11.9 Å². The number of amides is 1. The van der Waals surface area contributed by atoms with Crippen LogP contribution in [-0.2, 0) is 23.9 Å². The van der Waals surface area contributed by atoms with E-state index in [9.17, 15) is 14.4 Å². The summed E-state index contributed by atoms with van der Waals surface area (Å²) in [6.45, 7) is 1.35. The summed E-state index contributed by atoms with van der Waals surface area (Å²) < 4.78 is 8.88. The van der Waals surface area contributed by atoms with Gasteiger partial charge in [0.25, 0.3) is 0 Å². The van der Waals surface area contributed by atoms with Gasteiger partial charge in [-0.1, -0.05) is 0 Å². The number of carbonyl (C=O) groups excluding carboxylic acids is 3. The molecule has 0 saturated carbocycles. The number of hydrogen-bond donors (Lipinski definition) is 2. The highest BCUT2D eigenvalue weighted by Gasteiger charge is 2.19. The SMILES string of the molecule is COC(=O)CNCC(NC(C)=O)C(=O)OC. The van der Waals surface area contributed by atoms with E-state index in [4.69, 9.17) is 0 Å². The molecule has 92 valence electrons. The van der Waals surface area contributed by atoms with Crippen molar-refractivity contribution in [3.8, 4) is 0 Å². The predicted octanol–water partition coefficient (Wildman–Crippen LogP) is -1.57. The van der Waals surface area contributed by atoms with E-state index in [0.29, 0.717) is 0 Å². The first-order valence-corrected chi connectivity index (χ1v) is 4.63. The fourth-order valence-electron chi connectivity index (χ4n) is 0.972. The zero-order valence-corrected chi connectivity index (χ0v) is 9.53. The summed E-state index contributed by atoms with van der Waals surface area (Å²) >= 11 is 0. The Hall–Kier alpha value is -1.63. The van der Waals surface area contributed by atoms with Gasteiger partial charge in [-0.2, -0.15) is 0 Å². The molecular formula is C9H16N2O5. The van der Waals surface area contributed by atoms with E-state index in [1.54, 1.807) is 0 Å². The van der Waals surface area contributed by atoms with Gasteiger partial charge in [0, 0.05) is 13.5 Å². The maximum Gasteiger partial charge on any atom is 0.329 e. The normalized spacial score (nSPS) is 11.4. The van der Waals surface area contributed by atoms with Crippen molar-refractivity contribution in [3.05, 3.63) is 0 Å². The summed E-state index contributed by atoms with van der Waals surface area (Å²) in [5.41, 5.74) is 0. The topological polar surface area (TPSA) is 93.7 Å². The minimum atomic E-state index is -0.813. The summed E-state index contributed by atoms with van der Waals surface area (Å²) in [5.74, 6) is -1.38. The zero-order chi connectivity index (χ0) is 12.6. The van der Waals surface area contributed by atoms with Crippen molar-refractivity contribution in [1.82, 2.24) is 10.6 Å². The van der Waals surface area contributed by atoms with Crippen LogP contribution in [0.15, 0.2) is 0 Å². The fourth-order valence-corrected chi connectivity index (χ4v) is 0.972. The van der Waals surface area contributed by atoms with Crippen LogP contribution in [0.25, 0.3) is 0 Å². The number of nitrogens with one attached hydrogen (secondary N) is 2. The van der Waals surface area contributed by atoms with Crippen LogP contribution in [0.2, 0.25) is 0 Å². The van der Waals surface area contributed by atoms with Crippen LogP contribution in [0.3, 0.4) is 0 Å². The summed E-state index contributed by atoms with van der Waals surface area (Å²) in [7, 11) is 2.48. The lowest BCUT2D eigenvalue weighted by atomic mass is 10.3. The van der Waals surface area contributed by atoms with Gasteiger partial charge in [0.2, 0.25) is 5.91 Å². The van der Waals surface area contributed by atoms with E-state index >= 15 is 0 Å². The van der Waals surface area contributed by atoms with Crippen molar-refractivity contribution in [2.75, 3.05) is 27.3 Å². The molecule has 0 aromatic carbocycles. The average Bonchev–Trinajstić information content (AvgIpc) is 2.25. The third-order valence-electron chi connectivity index (χ3n) is 1.71. The Morgan fingerprint density at radius 1 is 1.19 bits per heavy atom. The lowest BCUT2D eigenvalue weighted by molar-refractivity contribution is -0.145. The van der Waals surface area contributed by atoms with Gasteiger partial charge in [0.05, 0.1) is 20.8 Å². The van der Waals surface area contributed by atoms with E-state index in [1.165, 1.54) is 21.1 Å². The molecule has 0 aliphatic heterocycles. The monoisotopic (exact) mass is 232 g/mol. The lowest BCUT2D eigenvalue weighted by Crippen LogP contribution is -2.47. The molecule has 0 radical (unpaired) electrons. The standard InChI is InChI=1S/C9H16N2O5/c1-6(12)11-7(9(14)16-3)4-10-5-8(13)15-2/h7,10H,4-5H2,1-3H3,(H,11,12). The first-order chi connectivity index (χ1) is 7.51. The van der Waals surface area contributed by atoms with Gasteiger partial charge in [0.1, 0.15) is 6.04 Å². The highest BCUT2D eigenvalue weighted by Crippen LogP contribution is 1.87. The number of rotatable bonds is 6. The van der Waals surface area contributed by atoms with Gasteiger partial charge in [0.15, 0.2) is 0 Å². The first-order valence-electron chi connectivity index (χ1n) is 4.63. The van der Waals surface area contributed by atoms with Crippen molar-refractivity contribution in [3.63, 3.8) is 0 Å². The van der Waals surface area contributed by atoms with Crippen LogP contribution in [0.1, 0.15) is 6.92 Å². The summed E-state index contributed by atoms with van der Waals surface area (Å²) in [6, 6.07) is -0.813. The van der Waals surface area contributed by atoms with Crippen LogP contribution >= 0.6 is 0 Å². The quantitative estimate of drug-likeness (QED) is 0.537. The van der Waals surface area contributed by atoms with Gasteiger partial charge in [-0.05, 0) is 0 Å². The molecule has 0 spiro atoms. The Kier molecular flexibility index (Phi) is 6.86. The van der Waals surface area contributed by atoms with Crippen molar-refractivity contribution in [2.24, 2.45) is 0 Å². The molecule has 0 aromatic heterocycles. The molecule has 0 aliphatic carbocycles. The van der Waals surface area contributed by atoms with Gasteiger partial charge < -0.3 is 20.1 Å². The zero-order valence-electron chi connectivity index (χ0n) is 9.53. The molecule has 0 saturated heterocycles. The Balaban J connectivity index is 4.06. The van der Waals surface area contributed by atoms with Crippen molar-refractivity contribution in [2.45, 2.75) is 13.0 Å². The Bertz CT molecular complexity index is 267. The highest BCUT2D eigenvalue weighted by atomic mass is 16.5. The Morgan fingerprint density at radius 2 is 1.81 bits per heavy atom. The van der Waals surface area contributed by atoms with Crippen molar-refractivity contribution >= 4 is 17.8 Å². The molecule has 0 rings (SSSR count). The van der Waals surface area contributed by atoms with Crippen LogP contribution in [0, 0.1) is 0 Å². The summed E-state index contributed by atoms with van der Waals surface area (Å²) in [5, 5.41) is 5.06. The number of esters is 2. The minimum absolute atomic E-state index is 0.0381. The number of ether oxygens (including phenoxy) is 2. The van der Waals surface area contributed by atoms with Crippen LogP contribution in [0.4, 0.5) is 0 Å². The third-order valence-corrected chi connectivity index (χ3v) is 1.71. The molecule has 0 aliphatic rings. The molecule has 1 amide bonds. The second kappa shape index (κ2) is 7.63. The molecule has 16 heavy (non-hydrogen) atoms. The minimum Gasteiger partial charge on any atom is -0.468 e. The third kappa shape index (κ3) is 5.97. The van der Waals surface area contributed by atoms with Crippen LogP contribution < -0.4 is 10.6 Å². The Morgan fingerprint density at radius 3 is 2.25 bits per heavy atom. The maximum atomic E-state index is 11.2. The average molecular weight is 232 g/mol. The van der Waals surface area contributed by atoms with Crippen molar-refractivity contribution < 1.29 is 23.9 Å². The van der Waals surface area contributed by atoms with Crippen LogP contribution in [-0.4, -0.2) is 51.2 Å². The molecule has 7 nitrogen and oxygen atoms in total. The van der Waals surface area contributed by atoms with E-state index in [-0.39, 0.29) is 19.0 Å². The molecule has 7 heteroatoms. The fraction of sp³-hybridized carbons (Fsp3) is 0.667. The number of carbonyl (C=O) groups is 3. The molecule has 2 N–H and O–H groups in total. The number of methoxy groups -OCH3 is 2. The first kappa shape index (κ1) is 14.4. The molecule has 0 aromatic rings. The molecule has 0 fully saturated rings. The Labute approximate surface area is 93.5 Å². The molecule has 0 heterocycles. The van der Waals surface area contributed by atoms with Gasteiger partial charge in [-0.3, -0.25) is 9.59 Å². The molecular weight excluding hydrogens is 216 g/mol. The molecule has 1 unspecified atom stereocenters. The van der Waals surface area contributed by atoms with Crippen molar-refractivity contribution in [1.29, 1.82) is 0 Å². The predicted molar refractivity (Wildman–Crippen MR) is 54.5 cm³/mol. The highest BCUT2D eigenvalue weighted by molar-refractivity contribution is 5.83. The smallest absolute Gasteiger partial charge is 0.329 e. The van der Waals surface area contributed by atoms with Gasteiger partial charge in [-0.25, -0.2) is 4.79 Å². The number of hydrogen-bond acceptors (Lipinski definition) is 6. The van der Waals surface area contributed by atoms with E-state index in [1.807, 2.05) is 0 Å². The van der Waals surface area contributed by atoms with Gasteiger partial charge in [-0.15, -0.1) is 0 Å². The second-order valence-electron chi connectivity index (χ2n) is 2.98. The largest absolute Gasteiger partial charge is 0.468 e. The maximum absolute atomic E-state index is 11.2. The lowest BCUT2D eigenvalue weighted by Gasteiger charge is -2.15. The molecule has 1 atom stereocenters.